The first-order valence-corrected chi connectivity index (χ1v) is 7.98. The Morgan fingerprint density at radius 3 is 2.57 bits per heavy atom. The molecule has 2 rings (SSSR count). The lowest BCUT2D eigenvalue weighted by Gasteiger charge is -2.26. The average molecular weight is 351 g/mol. The molecule has 1 aromatic carbocycles. The second-order valence-electron chi connectivity index (χ2n) is 6.35. The van der Waals surface area contributed by atoms with Crippen molar-refractivity contribution in [2.75, 3.05) is 6.54 Å². The van der Waals surface area contributed by atoms with Crippen molar-refractivity contribution in [2.45, 2.75) is 38.6 Å². The van der Waals surface area contributed by atoms with Crippen molar-refractivity contribution in [2.24, 2.45) is 7.05 Å². The SMILES string of the molecule is Cn1ncnc1CC(CNC(C)(C)C)c1ccccc1Br. The fraction of sp³-hybridized carbons (Fsp3) is 0.500. The normalized spacial score (nSPS) is 13.4. The summed E-state index contributed by atoms with van der Waals surface area (Å²) in [5.74, 6) is 1.36. The minimum atomic E-state index is 0.0966. The molecule has 1 N–H and O–H groups in total. The summed E-state index contributed by atoms with van der Waals surface area (Å²) in [5, 5.41) is 7.77. The van der Waals surface area contributed by atoms with Crippen LogP contribution >= 0.6 is 15.9 Å². The third-order valence-electron chi connectivity index (χ3n) is 3.46. The van der Waals surface area contributed by atoms with E-state index < -0.39 is 0 Å². The first-order chi connectivity index (χ1) is 9.87. The monoisotopic (exact) mass is 350 g/mol. The maximum Gasteiger partial charge on any atom is 0.138 e. The molecule has 0 aliphatic rings. The number of benzene rings is 1. The summed E-state index contributed by atoms with van der Waals surface area (Å²) >= 11 is 3.67. The van der Waals surface area contributed by atoms with E-state index >= 15 is 0 Å². The van der Waals surface area contributed by atoms with Gasteiger partial charge < -0.3 is 5.32 Å². The number of halogens is 1. The van der Waals surface area contributed by atoms with Crippen LogP contribution in [0, 0.1) is 0 Å². The molecular weight excluding hydrogens is 328 g/mol. The maximum atomic E-state index is 4.36. The van der Waals surface area contributed by atoms with Gasteiger partial charge in [-0.1, -0.05) is 34.1 Å². The van der Waals surface area contributed by atoms with Crippen LogP contribution in [-0.4, -0.2) is 26.8 Å². The Bertz CT molecular complexity index is 586. The Balaban J connectivity index is 2.22. The van der Waals surface area contributed by atoms with Crippen LogP contribution in [0.2, 0.25) is 0 Å². The average Bonchev–Trinajstić information content (AvgIpc) is 2.80. The fourth-order valence-electron chi connectivity index (χ4n) is 2.25. The number of aromatic nitrogens is 3. The Morgan fingerprint density at radius 2 is 2.00 bits per heavy atom. The highest BCUT2D eigenvalue weighted by Gasteiger charge is 2.20. The van der Waals surface area contributed by atoms with Crippen molar-refractivity contribution >= 4 is 15.9 Å². The predicted octanol–water partition coefficient (Wildman–Crippen LogP) is 3.29. The minimum absolute atomic E-state index is 0.0966. The highest BCUT2D eigenvalue weighted by Crippen LogP contribution is 2.27. The molecule has 0 saturated carbocycles. The molecule has 5 heteroatoms. The topological polar surface area (TPSA) is 42.7 Å². The van der Waals surface area contributed by atoms with Crippen LogP contribution in [0.5, 0.6) is 0 Å². The van der Waals surface area contributed by atoms with Gasteiger partial charge in [-0.3, -0.25) is 4.68 Å². The molecule has 114 valence electrons. The van der Waals surface area contributed by atoms with Gasteiger partial charge in [0, 0.05) is 35.9 Å². The highest BCUT2D eigenvalue weighted by atomic mass is 79.9. The molecule has 1 unspecified atom stereocenters. The molecule has 1 aromatic heterocycles. The van der Waals surface area contributed by atoms with Gasteiger partial charge >= 0.3 is 0 Å². The minimum Gasteiger partial charge on any atom is -0.311 e. The third kappa shape index (κ3) is 4.64. The van der Waals surface area contributed by atoms with Gasteiger partial charge in [-0.05, 0) is 32.4 Å². The van der Waals surface area contributed by atoms with Crippen molar-refractivity contribution in [3.8, 4) is 0 Å². The van der Waals surface area contributed by atoms with Gasteiger partial charge in [0.1, 0.15) is 12.2 Å². The second-order valence-corrected chi connectivity index (χ2v) is 7.21. The van der Waals surface area contributed by atoms with Crippen LogP contribution in [0.25, 0.3) is 0 Å². The Kier molecular flexibility index (Phi) is 5.17. The molecule has 0 bridgehead atoms. The Hall–Kier alpha value is -1.20. The molecule has 0 radical (unpaired) electrons. The first-order valence-electron chi connectivity index (χ1n) is 7.19. The number of nitrogens with zero attached hydrogens (tertiary/aromatic N) is 3. The lowest BCUT2D eigenvalue weighted by Crippen LogP contribution is -2.39. The van der Waals surface area contributed by atoms with Gasteiger partial charge in [0.05, 0.1) is 0 Å². The second kappa shape index (κ2) is 6.71. The lowest BCUT2D eigenvalue weighted by atomic mass is 9.94. The number of hydrogen-bond acceptors (Lipinski definition) is 3. The zero-order chi connectivity index (χ0) is 15.5. The number of nitrogens with one attached hydrogen (secondary N) is 1. The van der Waals surface area contributed by atoms with Crippen LogP contribution < -0.4 is 5.32 Å². The fourth-order valence-corrected chi connectivity index (χ4v) is 2.86. The highest BCUT2D eigenvalue weighted by molar-refractivity contribution is 9.10. The maximum absolute atomic E-state index is 4.36. The predicted molar refractivity (Wildman–Crippen MR) is 89.3 cm³/mol. The van der Waals surface area contributed by atoms with Crippen LogP contribution in [0.3, 0.4) is 0 Å². The number of aryl methyl sites for hydroxylation is 1. The molecule has 1 heterocycles. The lowest BCUT2D eigenvalue weighted by molar-refractivity contribution is 0.401. The largest absolute Gasteiger partial charge is 0.311 e. The van der Waals surface area contributed by atoms with Crippen molar-refractivity contribution in [1.82, 2.24) is 20.1 Å². The van der Waals surface area contributed by atoms with Gasteiger partial charge in [0.25, 0.3) is 0 Å². The van der Waals surface area contributed by atoms with E-state index in [0.717, 1.165) is 23.3 Å². The van der Waals surface area contributed by atoms with Gasteiger partial charge in [-0.2, -0.15) is 5.10 Å². The van der Waals surface area contributed by atoms with E-state index in [1.807, 2.05) is 17.8 Å². The van der Waals surface area contributed by atoms with Gasteiger partial charge in [-0.15, -0.1) is 0 Å². The molecule has 0 aliphatic heterocycles. The van der Waals surface area contributed by atoms with E-state index in [1.54, 1.807) is 6.33 Å². The van der Waals surface area contributed by atoms with E-state index in [2.05, 4.69) is 70.3 Å². The smallest absolute Gasteiger partial charge is 0.138 e. The molecule has 0 spiro atoms. The number of rotatable bonds is 5. The molecule has 1 atom stereocenters. The zero-order valence-electron chi connectivity index (χ0n) is 13.1. The van der Waals surface area contributed by atoms with Crippen molar-refractivity contribution in [1.29, 1.82) is 0 Å². The molecular formula is C16H23BrN4. The summed E-state index contributed by atoms with van der Waals surface area (Å²) in [5.41, 5.74) is 1.40. The summed E-state index contributed by atoms with van der Waals surface area (Å²) in [6.45, 7) is 7.46. The summed E-state index contributed by atoms with van der Waals surface area (Å²) in [6, 6.07) is 8.40. The van der Waals surface area contributed by atoms with Crippen molar-refractivity contribution in [3.63, 3.8) is 0 Å². The van der Waals surface area contributed by atoms with Crippen molar-refractivity contribution in [3.05, 3.63) is 46.5 Å². The van der Waals surface area contributed by atoms with Gasteiger partial charge in [-0.25, -0.2) is 4.98 Å². The van der Waals surface area contributed by atoms with Crippen LogP contribution in [-0.2, 0) is 13.5 Å². The van der Waals surface area contributed by atoms with E-state index in [1.165, 1.54) is 5.56 Å². The van der Waals surface area contributed by atoms with E-state index in [4.69, 9.17) is 0 Å². The van der Waals surface area contributed by atoms with Gasteiger partial charge in [0.15, 0.2) is 0 Å². The Morgan fingerprint density at radius 1 is 1.29 bits per heavy atom. The molecule has 4 nitrogen and oxygen atoms in total. The summed E-state index contributed by atoms with van der Waals surface area (Å²) in [6.07, 6.45) is 2.48. The molecule has 21 heavy (non-hydrogen) atoms. The number of hydrogen-bond donors (Lipinski definition) is 1. The zero-order valence-corrected chi connectivity index (χ0v) is 14.7. The molecule has 0 fully saturated rings. The standard InChI is InChI=1S/C16H23BrN4/c1-16(2,3)19-10-12(9-15-18-11-20-21(15)4)13-7-5-6-8-14(13)17/h5-8,11-12,19H,9-10H2,1-4H3. The van der Waals surface area contributed by atoms with Gasteiger partial charge in [0.2, 0.25) is 0 Å². The molecule has 2 aromatic rings. The first kappa shape index (κ1) is 16.2. The summed E-state index contributed by atoms with van der Waals surface area (Å²) < 4.78 is 2.99. The Labute approximate surface area is 135 Å². The molecule has 0 saturated heterocycles. The summed E-state index contributed by atoms with van der Waals surface area (Å²) in [4.78, 5) is 4.36. The third-order valence-corrected chi connectivity index (χ3v) is 4.18. The van der Waals surface area contributed by atoms with E-state index in [0.29, 0.717) is 5.92 Å². The van der Waals surface area contributed by atoms with Crippen LogP contribution in [0.15, 0.2) is 35.1 Å². The van der Waals surface area contributed by atoms with Crippen LogP contribution in [0.4, 0.5) is 0 Å². The molecule has 0 amide bonds. The van der Waals surface area contributed by atoms with E-state index in [-0.39, 0.29) is 5.54 Å². The quantitative estimate of drug-likeness (QED) is 0.899. The van der Waals surface area contributed by atoms with E-state index in [9.17, 15) is 0 Å². The van der Waals surface area contributed by atoms with Crippen LogP contribution in [0.1, 0.15) is 38.1 Å². The summed E-state index contributed by atoms with van der Waals surface area (Å²) in [7, 11) is 1.94. The molecule has 0 aliphatic carbocycles. The van der Waals surface area contributed by atoms with Crippen molar-refractivity contribution < 1.29 is 0 Å².